The largest absolute Gasteiger partial charge is 0.444 e. The Labute approximate surface area is 114 Å². The molecule has 6 heteroatoms. The van der Waals surface area contributed by atoms with Gasteiger partial charge in [-0.05, 0) is 42.8 Å². The average molecular weight is 322 g/mol. The molecule has 0 unspecified atom stereocenters. The lowest BCUT2D eigenvalue weighted by Crippen LogP contribution is -2.32. The molecule has 0 aliphatic rings. The summed E-state index contributed by atoms with van der Waals surface area (Å²) in [6.45, 7) is 5.70. The van der Waals surface area contributed by atoms with Crippen molar-refractivity contribution in [3.63, 3.8) is 0 Å². The van der Waals surface area contributed by atoms with E-state index in [1.54, 1.807) is 33.0 Å². The topological polar surface area (TPSA) is 51.2 Å². The highest BCUT2D eigenvalue weighted by Crippen LogP contribution is 2.17. The predicted octanol–water partition coefficient (Wildman–Crippen LogP) is 3.52. The summed E-state index contributed by atoms with van der Waals surface area (Å²) in [5.41, 5.74) is 0.218. The van der Waals surface area contributed by atoms with E-state index < -0.39 is 11.7 Å². The van der Waals surface area contributed by atoms with Crippen LogP contribution < -0.4 is 5.32 Å². The monoisotopic (exact) mass is 320 g/mol. The Bertz CT molecular complexity index is 418. The predicted molar refractivity (Wildman–Crippen MR) is 70.0 cm³/mol. The molecular formula is C11H14BrClN2O2. The first kappa shape index (κ1) is 14.3. The molecule has 1 aromatic rings. The number of rotatable bonds is 2. The fourth-order valence-electron chi connectivity index (χ4n) is 1.07. The van der Waals surface area contributed by atoms with E-state index in [-0.39, 0.29) is 6.54 Å². The van der Waals surface area contributed by atoms with Gasteiger partial charge in [0.2, 0.25) is 0 Å². The summed E-state index contributed by atoms with van der Waals surface area (Å²) in [6.07, 6.45) is 1.12. The highest BCUT2D eigenvalue weighted by molar-refractivity contribution is 9.10. The lowest BCUT2D eigenvalue weighted by atomic mass is 10.2. The van der Waals surface area contributed by atoms with Gasteiger partial charge in [-0.3, -0.25) is 0 Å². The number of hydrogen-bond acceptors (Lipinski definition) is 3. The number of nitrogens with zero attached hydrogens (tertiary/aromatic N) is 1. The maximum absolute atomic E-state index is 11.4. The fourth-order valence-corrected chi connectivity index (χ4v) is 1.62. The van der Waals surface area contributed by atoms with Gasteiger partial charge in [-0.15, -0.1) is 0 Å². The third-order valence-electron chi connectivity index (χ3n) is 1.70. The molecule has 0 aliphatic carbocycles. The van der Waals surface area contributed by atoms with Crippen LogP contribution in [0.5, 0.6) is 0 Å². The van der Waals surface area contributed by atoms with Gasteiger partial charge in [0.25, 0.3) is 0 Å². The lowest BCUT2D eigenvalue weighted by molar-refractivity contribution is 0.0523. The van der Waals surface area contributed by atoms with Gasteiger partial charge in [0.15, 0.2) is 0 Å². The van der Waals surface area contributed by atoms with Gasteiger partial charge in [-0.25, -0.2) is 9.78 Å². The number of pyridine rings is 1. The summed E-state index contributed by atoms with van der Waals surface area (Å²) in [7, 11) is 0. The van der Waals surface area contributed by atoms with Gasteiger partial charge in [0.05, 0.1) is 0 Å². The third-order valence-corrected chi connectivity index (χ3v) is 2.47. The number of alkyl carbamates (subject to hydrolysis) is 1. The van der Waals surface area contributed by atoms with Gasteiger partial charge >= 0.3 is 6.09 Å². The summed E-state index contributed by atoms with van der Waals surface area (Å²) >= 11 is 9.18. The minimum atomic E-state index is -0.511. The van der Waals surface area contributed by atoms with Crippen LogP contribution in [-0.2, 0) is 11.3 Å². The third kappa shape index (κ3) is 5.37. The van der Waals surface area contributed by atoms with E-state index in [2.05, 4.69) is 26.2 Å². The molecule has 0 spiro atoms. The molecule has 0 atom stereocenters. The first-order valence-corrected chi connectivity index (χ1v) is 6.22. The molecule has 0 saturated carbocycles. The average Bonchev–Trinajstić information content (AvgIpc) is 2.17. The molecule has 1 rings (SSSR count). The van der Waals surface area contributed by atoms with Crippen LogP contribution in [0.3, 0.4) is 0 Å². The Balaban J connectivity index is 2.56. The van der Waals surface area contributed by atoms with Crippen LogP contribution in [0.1, 0.15) is 26.3 Å². The van der Waals surface area contributed by atoms with E-state index in [0.717, 1.165) is 10.0 Å². The molecule has 1 N–H and O–H groups in total. The standard InChI is InChI=1S/C11H14BrClN2O2/c1-11(2,3)17-10(16)15-5-7-4-8(12)6-14-9(7)13/h4,6H,5H2,1-3H3,(H,15,16). The molecule has 1 heterocycles. The van der Waals surface area contributed by atoms with Gasteiger partial charge in [0.1, 0.15) is 10.8 Å². The van der Waals surface area contributed by atoms with Crippen LogP contribution in [-0.4, -0.2) is 16.7 Å². The maximum atomic E-state index is 11.4. The second kappa shape index (κ2) is 5.69. The number of carbonyl (C=O) groups excluding carboxylic acids is 1. The number of hydrogen-bond donors (Lipinski definition) is 1. The van der Waals surface area contributed by atoms with Crippen LogP contribution in [0.4, 0.5) is 4.79 Å². The number of carbonyl (C=O) groups is 1. The first-order chi connectivity index (χ1) is 7.78. The Morgan fingerprint density at radius 2 is 2.24 bits per heavy atom. The zero-order valence-electron chi connectivity index (χ0n) is 9.88. The van der Waals surface area contributed by atoms with Crippen LogP contribution in [0.2, 0.25) is 5.15 Å². The van der Waals surface area contributed by atoms with Crippen LogP contribution >= 0.6 is 27.5 Å². The van der Waals surface area contributed by atoms with Crippen LogP contribution in [0.25, 0.3) is 0 Å². The Morgan fingerprint density at radius 3 is 2.82 bits per heavy atom. The highest BCUT2D eigenvalue weighted by atomic mass is 79.9. The molecule has 0 radical (unpaired) electrons. The molecule has 4 nitrogen and oxygen atoms in total. The highest BCUT2D eigenvalue weighted by Gasteiger charge is 2.16. The van der Waals surface area contributed by atoms with E-state index in [9.17, 15) is 4.79 Å². The lowest BCUT2D eigenvalue weighted by Gasteiger charge is -2.19. The van der Waals surface area contributed by atoms with Crippen LogP contribution in [0.15, 0.2) is 16.7 Å². The molecular weight excluding hydrogens is 307 g/mol. The van der Waals surface area contributed by atoms with Crippen molar-refractivity contribution in [3.8, 4) is 0 Å². The molecule has 1 amide bonds. The second-order valence-electron chi connectivity index (χ2n) is 4.46. The van der Waals surface area contributed by atoms with Gasteiger partial charge in [0, 0.05) is 22.8 Å². The zero-order valence-corrected chi connectivity index (χ0v) is 12.2. The normalized spacial score (nSPS) is 11.1. The number of nitrogens with one attached hydrogen (secondary N) is 1. The van der Waals surface area contributed by atoms with E-state index >= 15 is 0 Å². The van der Waals surface area contributed by atoms with E-state index in [1.165, 1.54) is 0 Å². The van der Waals surface area contributed by atoms with Crippen molar-refractivity contribution in [1.29, 1.82) is 0 Å². The van der Waals surface area contributed by atoms with E-state index in [4.69, 9.17) is 16.3 Å². The summed E-state index contributed by atoms with van der Waals surface area (Å²) < 4.78 is 5.91. The van der Waals surface area contributed by atoms with Crippen molar-refractivity contribution >= 4 is 33.6 Å². The zero-order chi connectivity index (χ0) is 13.1. The van der Waals surface area contributed by atoms with E-state index in [1.807, 2.05) is 0 Å². The summed E-state index contributed by atoms with van der Waals surface area (Å²) in [5.74, 6) is 0. The molecule has 1 aromatic heterocycles. The van der Waals surface area contributed by atoms with Crippen molar-refractivity contribution in [2.24, 2.45) is 0 Å². The quantitative estimate of drug-likeness (QED) is 0.848. The Hall–Kier alpha value is -0.810. The molecule has 0 bridgehead atoms. The van der Waals surface area contributed by atoms with Crippen molar-refractivity contribution in [3.05, 3.63) is 27.5 Å². The van der Waals surface area contributed by atoms with Gasteiger partial charge in [-0.2, -0.15) is 0 Å². The van der Waals surface area contributed by atoms with Crippen molar-refractivity contribution in [2.75, 3.05) is 0 Å². The van der Waals surface area contributed by atoms with Crippen molar-refractivity contribution in [2.45, 2.75) is 32.9 Å². The first-order valence-electron chi connectivity index (χ1n) is 5.05. The number of halogens is 2. The molecule has 17 heavy (non-hydrogen) atoms. The second-order valence-corrected chi connectivity index (χ2v) is 5.73. The fraction of sp³-hybridized carbons (Fsp3) is 0.455. The summed E-state index contributed by atoms with van der Waals surface area (Å²) in [4.78, 5) is 15.4. The Morgan fingerprint density at radius 1 is 1.59 bits per heavy atom. The number of ether oxygens (including phenoxy) is 1. The molecule has 0 aliphatic heterocycles. The van der Waals surface area contributed by atoms with Gasteiger partial charge < -0.3 is 10.1 Å². The van der Waals surface area contributed by atoms with E-state index in [0.29, 0.717) is 5.15 Å². The molecule has 0 aromatic carbocycles. The van der Waals surface area contributed by atoms with Crippen molar-refractivity contribution in [1.82, 2.24) is 10.3 Å². The summed E-state index contributed by atoms with van der Waals surface area (Å²) in [5, 5.41) is 2.98. The summed E-state index contributed by atoms with van der Waals surface area (Å²) in [6, 6.07) is 1.80. The minimum Gasteiger partial charge on any atom is -0.444 e. The van der Waals surface area contributed by atoms with Gasteiger partial charge in [-0.1, -0.05) is 11.6 Å². The Kier molecular flexibility index (Phi) is 4.77. The maximum Gasteiger partial charge on any atom is 0.407 e. The molecule has 0 saturated heterocycles. The van der Waals surface area contributed by atoms with Crippen molar-refractivity contribution < 1.29 is 9.53 Å². The molecule has 0 fully saturated rings. The SMILES string of the molecule is CC(C)(C)OC(=O)NCc1cc(Br)cnc1Cl. The number of amides is 1. The number of aromatic nitrogens is 1. The minimum absolute atomic E-state index is 0.278. The molecule has 94 valence electrons. The smallest absolute Gasteiger partial charge is 0.407 e. The van der Waals surface area contributed by atoms with Crippen LogP contribution in [0, 0.1) is 0 Å².